The topological polar surface area (TPSA) is 67.6 Å². The molecule has 0 fully saturated rings. The second kappa shape index (κ2) is 6.99. The van der Waals surface area contributed by atoms with E-state index in [1.54, 1.807) is 18.2 Å². The van der Waals surface area contributed by atoms with Gasteiger partial charge in [-0.15, -0.1) is 0 Å². The number of nitrogens with one attached hydrogen (secondary N) is 1. The molecular formula is C14H23N3O2. The van der Waals surface area contributed by atoms with Crippen LogP contribution in [0.2, 0.25) is 0 Å². The zero-order chi connectivity index (χ0) is 14.4. The van der Waals surface area contributed by atoms with Gasteiger partial charge in [0.05, 0.1) is 24.0 Å². The van der Waals surface area contributed by atoms with Gasteiger partial charge in [0, 0.05) is 6.04 Å². The number of anilines is 2. The average Bonchev–Trinajstić information content (AvgIpc) is 2.37. The average molecular weight is 265 g/mol. The maximum Gasteiger partial charge on any atom is 0.340 e. The standard InChI is InChI=1S/C14H23N3O2/c1-10(8-9-17(2)3)16-13-11(14(18)19-4)6-5-7-12(13)15/h5-7,10,16H,8-9,15H2,1-4H3. The third-order valence-electron chi connectivity index (χ3n) is 2.90. The van der Waals surface area contributed by atoms with E-state index < -0.39 is 0 Å². The van der Waals surface area contributed by atoms with Crippen LogP contribution in [0.5, 0.6) is 0 Å². The van der Waals surface area contributed by atoms with E-state index >= 15 is 0 Å². The van der Waals surface area contributed by atoms with Crippen molar-refractivity contribution in [2.45, 2.75) is 19.4 Å². The van der Waals surface area contributed by atoms with E-state index in [-0.39, 0.29) is 12.0 Å². The van der Waals surface area contributed by atoms with Crippen LogP contribution < -0.4 is 11.1 Å². The highest BCUT2D eigenvalue weighted by molar-refractivity contribution is 5.98. The Labute approximate surface area is 114 Å². The molecule has 0 amide bonds. The van der Waals surface area contributed by atoms with Crippen molar-refractivity contribution >= 4 is 17.3 Å². The Kier molecular flexibility index (Phi) is 5.63. The molecule has 0 heterocycles. The van der Waals surface area contributed by atoms with Crippen LogP contribution in [0.1, 0.15) is 23.7 Å². The zero-order valence-electron chi connectivity index (χ0n) is 12.1. The molecule has 0 radical (unpaired) electrons. The summed E-state index contributed by atoms with van der Waals surface area (Å²) in [6, 6.07) is 5.45. The fourth-order valence-corrected chi connectivity index (χ4v) is 1.78. The SMILES string of the molecule is COC(=O)c1cccc(N)c1NC(C)CCN(C)C. The second-order valence-electron chi connectivity index (χ2n) is 4.90. The van der Waals surface area contributed by atoms with Crippen LogP contribution in [0.15, 0.2) is 18.2 Å². The minimum Gasteiger partial charge on any atom is -0.465 e. The molecule has 0 aromatic heterocycles. The van der Waals surface area contributed by atoms with Crippen molar-refractivity contribution in [3.63, 3.8) is 0 Å². The minimum absolute atomic E-state index is 0.218. The van der Waals surface area contributed by atoms with Crippen LogP contribution >= 0.6 is 0 Å². The van der Waals surface area contributed by atoms with Crippen LogP contribution in [0, 0.1) is 0 Å². The number of para-hydroxylation sites is 1. The fraction of sp³-hybridized carbons (Fsp3) is 0.500. The Morgan fingerprint density at radius 1 is 1.47 bits per heavy atom. The Morgan fingerprint density at radius 3 is 2.74 bits per heavy atom. The lowest BCUT2D eigenvalue weighted by Crippen LogP contribution is -2.24. The monoisotopic (exact) mass is 265 g/mol. The molecule has 1 aromatic carbocycles. The van der Waals surface area contributed by atoms with Gasteiger partial charge in [-0.3, -0.25) is 0 Å². The lowest BCUT2D eigenvalue weighted by molar-refractivity contribution is 0.0602. The highest BCUT2D eigenvalue weighted by atomic mass is 16.5. The molecule has 0 aliphatic carbocycles. The summed E-state index contributed by atoms with van der Waals surface area (Å²) in [4.78, 5) is 13.8. The number of methoxy groups -OCH3 is 1. The summed E-state index contributed by atoms with van der Waals surface area (Å²) in [5, 5.41) is 3.30. The predicted molar refractivity (Wildman–Crippen MR) is 78.4 cm³/mol. The smallest absolute Gasteiger partial charge is 0.340 e. The highest BCUT2D eigenvalue weighted by Crippen LogP contribution is 2.25. The number of carbonyl (C=O) groups is 1. The maximum atomic E-state index is 11.7. The van der Waals surface area contributed by atoms with Crippen molar-refractivity contribution in [1.82, 2.24) is 4.90 Å². The molecule has 1 aromatic rings. The summed E-state index contributed by atoms with van der Waals surface area (Å²) >= 11 is 0. The number of nitrogen functional groups attached to an aromatic ring is 1. The normalized spacial score (nSPS) is 12.3. The summed E-state index contributed by atoms with van der Waals surface area (Å²) in [6.45, 7) is 3.03. The summed E-state index contributed by atoms with van der Waals surface area (Å²) in [5.74, 6) is -0.380. The minimum atomic E-state index is -0.380. The second-order valence-corrected chi connectivity index (χ2v) is 4.90. The Balaban J connectivity index is 2.84. The Bertz CT molecular complexity index is 433. The Hall–Kier alpha value is -1.75. The van der Waals surface area contributed by atoms with Gasteiger partial charge < -0.3 is 20.7 Å². The van der Waals surface area contributed by atoms with Gasteiger partial charge in [-0.2, -0.15) is 0 Å². The summed E-state index contributed by atoms with van der Waals surface area (Å²) in [7, 11) is 5.43. The number of nitrogens with two attached hydrogens (primary N) is 1. The van der Waals surface area contributed by atoms with E-state index in [1.807, 2.05) is 14.1 Å². The molecular weight excluding hydrogens is 242 g/mol. The van der Waals surface area contributed by atoms with E-state index in [4.69, 9.17) is 10.5 Å². The molecule has 106 valence electrons. The number of esters is 1. The Morgan fingerprint density at radius 2 is 2.16 bits per heavy atom. The molecule has 1 atom stereocenters. The number of ether oxygens (including phenoxy) is 1. The third-order valence-corrected chi connectivity index (χ3v) is 2.90. The van der Waals surface area contributed by atoms with E-state index in [1.165, 1.54) is 7.11 Å². The van der Waals surface area contributed by atoms with Crippen LogP contribution in [0.25, 0.3) is 0 Å². The van der Waals surface area contributed by atoms with E-state index in [2.05, 4.69) is 17.1 Å². The van der Waals surface area contributed by atoms with Gasteiger partial charge in [-0.25, -0.2) is 4.79 Å². The first kappa shape index (κ1) is 15.3. The van der Waals surface area contributed by atoms with Crippen molar-refractivity contribution in [1.29, 1.82) is 0 Å². The van der Waals surface area contributed by atoms with Crippen LogP contribution in [-0.2, 0) is 4.74 Å². The number of hydrogen-bond acceptors (Lipinski definition) is 5. The van der Waals surface area contributed by atoms with Gasteiger partial charge in [0.25, 0.3) is 0 Å². The van der Waals surface area contributed by atoms with E-state index in [9.17, 15) is 4.79 Å². The largest absolute Gasteiger partial charge is 0.465 e. The van der Waals surface area contributed by atoms with Gasteiger partial charge in [-0.05, 0) is 46.1 Å². The first-order valence-electron chi connectivity index (χ1n) is 6.33. The maximum absolute atomic E-state index is 11.7. The molecule has 0 aliphatic rings. The van der Waals surface area contributed by atoms with Crippen LogP contribution in [0.4, 0.5) is 11.4 Å². The van der Waals surface area contributed by atoms with Crippen molar-refractivity contribution < 1.29 is 9.53 Å². The molecule has 0 saturated carbocycles. The quantitative estimate of drug-likeness (QED) is 0.606. The lowest BCUT2D eigenvalue weighted by atomic mass is 10.1. The molecule has 1 rings (SSSR count). The van der Waals surface area contributed by atoms with Gasteiger partial charge in [0.2, 0.25) is 0 Å². The van der Waals surface area contributed by atoms with Crippen molar-refractivity contribution in [3.8, 4) is 0 Å². The van der Waals surface area contributed by atoms with Crippen LogP contribution in [0.3, 0.4) is 0 Å². The van der Waals surface area contributed by atoms with Gasteiger partial charge in [0.15, 0.2) is 0 Å². The number of carbonyl (C=O) groups excluding carboxylic acids is 1. The van der Waals surface area contributed by atoms with E-state index in [0.29, 0.717) is 16.9 Å². The number of nitrogens with zero attached hydrogens (tertiary/aromatic N) is 1. The molecule has 0 bridgehead atoms. The predicted octanol–water partition coefficient (Wildman–Crippen LogP) is 1.81. The van der Waals surface area contributed by atoms with Gasteiger partial charge in [0.1, 0.15) is 0 Å². The summed E-state index contributed by atoms with van der Waals surface area (Å²) < 4.78 is 4.77. The summed E-state index contributed by atoms with van der Waals surface area (Å²) in [6.07, 6.45) is 0.960. The molecule has 0 aliphatic heterocycles. The number of benzene rings is 1. The highest BCUT2D eigenvalue weighted by Gasteiger charge is 2.15. The van der Waals surface area contributed by atoms with Gasteiger partial charge in [-0.1, -0.05) is 6.07 Å². The number of rotatable bonds is 6. The summed E-state index contributed by atoms with van der Waals surface area (Å²) in [5.41, 5.74) is 7.62. The first-order chi connectivity index (χ1) is 8.95. The first-order valence-corrected chi connectivity index (χ1v) is 6.33. The third kappa shape index (κ3) is 4.44. The van der Waals surface area contributed by atoms with Crippen molar-refractivity contribution in [3.05, 3.63) is 23.8 Å². The molecule has 0 saturated heterocycles. The molecule has 3 N–H and O–H groups in total. The fourth-order valence-electron chi connectivity index (χ4n) is 1.78. The molecule has 1 unspecified atom stereocenters. The zero-order valence-corrected chi connectivity index (χ0v) is 12.1. The van der Waals surface area contributed by atoms with Gasteiger partial charge >= 0.3 is 5.97 Å². The van der Waals surface area contributed by atoms with Crippen molar-refractivity contribution in [2.24, 2.45) is 0 Å². The molecule has 0 spiro atoms. The molecule has 5 nitrogen and oxygen atoms in total. The van der Waals surface area contributed by atoms with E-state index in [0.717, 1.165) is 13.0 Å². The molecule has 19 heavy (non-hydrogen) atoms. The lowest BCUT2D eigenvalue weighted by Gasteiger charge is -2.20. The van der Waals surface area contributed by atoms with Crippen molar-refractivity contribution in [2.75, 3.05) is 38.8 Å². The van der Waals surface area contributed by atoms with Crippen LogP contribution in [-0.4, -0.2) is 44.7 Å². The molecule has 5 heteroatoms. The number of hydrogen-bond donors (Lipinski definition) is 2.